The molecule has 0 amide bonds. The molecule has 0 fully saturated rings. The summed E-state index contributed by atoms with van der Waals surface area (Å²) in [5.41, 5.74) is 2.31. The van der Waals surface area contributed by atoms with Crippen LogP contribution in [0.25, 0.3) is 6.08 Å². The van der Waals surface area contributed by atoms with Gasteiger partial charge in [-0.1, -0.05) is 6.92 Å². The predicted octanol–water partition coefficient (Wildman–Crippen LogP) is 2.27. The smallest absolute Gasteiger partial charge is 0.331 e. The van der Waals surface area contributed by atoms with Gasteiger partial charge in [-0.3, -0.25) is 4.98 Å². The molecule has 1 N–H and O–H groups in total. The fraction of sp³-hybridized carbons (Fsp3) is 0.273. The average molecular weight is 191 g/mol. The zero-order valence-corrected chi connectivity index (χ0v) is 8.32. The number of rotatable bonds is 3. The SMILES string of the molecule is CC/C(=C\c1cnccc1C)C(=O)O. The third kappa shape index (κ3) is 2.42. The molecule has 0 saturated carbocycles. The van der Waals surface area contributed by atoms with Gasteiger partial charge in [0, 0.05) is 18.0 Å². The third-order valence-electron chi connectivity index (χ3n) is 2.06. The summed E-state index contributed by atoms with van der Waals surface area (Å²) >= 11 is 0. The minimum Gasteiger partial charge on any atom is -0.478 e. The lowest BCUT2D eigenvalue weighted by Gasteiger charge is -2.01. The van der Waals surface area contributed by atoms with Gasteiger partial charge in [-0.05, 0) is 36.6 Å². The molecule has 3 nitrogen and oxygen atoms in total. The number of hydrogen-bond donors (Lipinski definition) is 1. The Balaban J connectivity index is 3.07. The van der Waals surface area contributed by atoms with Crippen LogP contribution in [0.1, 0.15) is 24.5 Å². The lowest BCUT2D eigenvalue weighted by atomic mass is 10.1. The second kappa shape index (κ2) is 4.56. The lowest BCUT2D eigenvalue weighted by Crippen LogP contribution is -1.99. The Morgan fingerprint density at radius 3 is 2.86 bits per heavy atom. The van der Waals surface area contributed by atoms with E-state index in [1.807, 2.05) is 19.9 Å². The van der Waals surface area contributed by atoms with Crippen LogP contribution < -0.4 is 0 Å². The van der Waals surface area contributed by atoms with E-state index in [4.69, 9.17) is 5.11 Å². The quantitative estimate of drug-likeness (QED) is 0.745. The van der Waals surface area contributed by atoms with Crippen LogP contribution in [0.15, 0.2) is 24.0 Å². The molecule has 0 radical (unpaired) electrons. The van der Waals surface area contributed by atoms with Gasteiger partial charge >= 0.3 is 5.97 Å². The Bertz CT molecular complexity index is 369. The number of carboxylic acid groups (broad SMARTS) is 1. The molecule has 0 atom stereocenters. The maximum absolute atomic E-state index is 10.8. The van der Waals surface area contributed by atoms with Crippen molar-refractivity contribution in [1.82, 2.24) is 4.98 Å². The maximum Gasteiger partial charge on any atom is 0.331 e. The van der Waals surface area contributed by atoms with E-state index in [1.165, 1.54) is 0 Å². The molecule has 74 valence electrons. The van der Waals surface area contributed by atoms with E-state index in [-0.39, 0.29) is 0 Å². The summed E-state index contributed by atoms with van der Waals surface area (Å²) in [6, 6.07) is 1.86. The van der Waals surface area contributed by atoms with Crippen molar-refractivity contribution >= 4 is 12.0 Å². The molecule has 1 aromatic rings. The Morgan fingerprint density at radius 1 is 1.64 bits per heavy atom. The molecular weight excluding hydrogens is 178 g/mol. The third-order valence-corrected chi connectivity index (χ3v) is 2.06. The van der Waals surface area contributed by atoms with Crippen LogP contribution in [0.5, 0.6) is 0 Å². The van der Waals surface area contributed by atoms with Crippen molar-refractivity contribution in [2.45, 2.75) is 20.3 Å². The summed E-state index contributed by atoms with van der Waals surface area (Å²) in [6.45, 7) is 3.76. The molecule has 3 heteroatoms. The highest BCUT2D eigenvalue weighted by atomic mass is 16.4. The second-order valence-electron chi connectivity index (χ2n) is 3.06. The fourth-order valence-electron chi connectivity index (χ4n) is 1.13. The Morgan fingerprint density at radius 2 is 2.36 bits per heavy atom. The molecule has 0 aliphatic heterocycles. The molecule has 0 bridgehead atoms. The van der Waals surface area contributed by atoms with E-state index in [1.54, 1.807) is 18.5 Å². The number of hydrogen-bond acceptors (Lipinski definition) is 2. The van der Waals surface area contributed by atoms with Crippen LogP contribution in [0, 0.1) is 6.92 Å². The zero-order valence-electron chi connectivity index (χ0n) is 8.32. The molecule has 1 aromatic heterocycles. The molecule has 0 unspecified atom stereocenters. The number of aromatic nitrogens is 1. The molecule has 0 aliphatic carbocycles. The molecule has 0 saturated heterocycles. The minimum atomic E-state index is -0.865. The standard InChI is InChI=1S/C11H13NO2/c1-3-9(11(13)14)6-10-7-12-5-4-8(10)2/h4-7H,3H2,1-2H3,(H,13,14)/b9-6+. The van der Waals surface area contributed by atoms with Crippen LogP contribution in [0.4, 0.5) is 0 Å². The number of pyridine rings is 1. The molecule has 0 spiro atoms. The van der Waals surface area contributed by atoms with Gasteiger partial charge in [0.2, 0.25) is 0 Å². The van der Waals surface area contributed by atoms with Gasteiger partial charge in [0.15, 0.2) is 0 Å². The summed E-state index contributed by atoms with van der Waals surface area (Å²) in [6.07, 6.45) is 5.56. The lowest BCUT2D eigenvalue weighted by molar-refractivity contribution is -0.132. The molecule has 0 aromatic carbocycles. The molecule has 14 heavy (non-hydrogen) atoms. The van der Waals surface area contributed by atoms with Crippen molar-refractivity contribution in [2.75, 3.05) is 0 Å². The zero-order chi connectivity index (χ0) is 10.6. The normalized spacial score (nSPS) is 11.4. The van der Waals surface area contributed by atoms with Gasteiger partial charge in [0.1, 0.15) is 0 Å². The van der Waals surface area contributed by atoms with Crippen molar-refractivity contribution in [1.29, 1.82) is 0 Å². The van der Waals surface area contributed by atoms with Gasteiger partial charge in [0.25, 0.3) is 0 Å². The van der Waals surface area contributed by atoms with Crippen LogP contribution in [0.3, 0.4) is 0 Å². The summed E-state index contributed by atoms with van der Waals surface area (Å²) in [4.78, 5) is 14.7. The predicted molar refractivity (Wildman–Crippen MR) is 54.9 cm³/mol. The summed E-state index contributed by atoms with van der Waals surface area (Å²) in [5.74, 6) is -0.865. The van der Waals surface area contributed by atoms with Crippen LogP contribution >= 0.6 is 0 Å². The van der Waals surface area contributed by atoms with Gasteiger partial charge in [0.05, 0.1) is 0 Å². The monoisotopic (exact) mass is 191 g/mol. The number of carboxylic acids is 1. The Hall–Kier alpha value is -1.64. The van der Waals surface area contributed by atoms with Crippen molar-refractivity contribution in [3.05, 3.63) is 35.2 Å². The van der Waals surface area contributed by atoms with E-state index in [0.29, 0.717) is 12.0 Å². The number of nitrogens with zero attached hydrogens (tertiary/aromatic N) is 1. The van der Waals surface area contributed by atoms with Crippen molar-refractivity contribution in [3.63, 3.8) is 0 Å². The first-order valence-electron chi connectivity index (χ1n) is 4.49. The Kier molecular flexibility index (Phi) is 3.40. The van der Waals surface area contributed by atoms with E-state index >= 15 is 0 Å². The van der Waals surface area contributed by atoms with E-state index < -0.39 is 5.97 Å². The number of aryl methyl sites for hydroxylation is 1. The van der Waals surface area contributed by atoms with E-state index in [0.717, 1.165) is 11.1 Å². The highest BCUT2D eigenvalue weighted by Gasteiger charge is 2.04. The fourth-order valence-corrected chi connectivity index (χ4v) is 1.13. The molecule has 1 heterocycles. The highest BCUT2D eigenvalue weighted by Crippen LogP contribution is 2.12. The largest absolute Gasteiger partial charge is 0.478 e. The maximum atomic E-state index is 10.8. The number of carbonyl (C=O) groups is 1. The van der Waals surface area contributed by atoms with Crippen molar-refractivity contribution < 1.29 is 9.90 Å². The molecular formula is C11H13NO2. The highest BCUT2D eigenvalue weighted by molar-refractivity contribution is 5.92. The van der Waals surface area contributed by atoms with Crippen LogP contribution in [-0.2, 0) is 4.79 Å². The van der Waals surface area contributed by atoms with Gasteiger partial charge in [-0.15, -0.1) is 0 Å². The van der Waals surface area contributed by atoms with Crippen LogP contribution in [0.2, 0.25) is 0 Å². The van der Waals surface area contributed by atoms with Gasteiger partial charge < -0.3 is 5.11 Å². The first kappa shape index (κ1) is 10.4. The van der Waals surface area contributed by atoms with E-state index in [2.05, 4.69) is 4.98 Å². The summed E-state index contributed by atoms with van der Waals surface area (Å²) in [7, 11) is 0. The minimum absolute atomic E-state index is 0.404. The van der Waals surface area contributed by atoms with Crippen molar-refractivity contribution in [3.8, 4) is 0 Å². The number of aliphatic carboxylic acids is 1. The Labute approximate surface area is 83.1 Å². The van der Waals surface area contributed by atoms with Gasteiger partial charge in [-0.25, -0.2) is 4.79 Å². The second-order valence-corrected chi connectivity index (χ2v) is 3.06. The van der Waals surface area contributed by atoms with Crippen molar-refractivity contribution in [2.24, 2.45) is 0 Å². The average Bonchev–Trinajstić information content (AvgIpc) is 2.16. The first-order chi connectivity index (χ1) is 6.65. The molecule has 0 aliphatic rings. The summed E-state index contributed by atoms with van der Waals surface area (Å²) < 4.78 is 0. The van der Waals surface area contributed by atoms with Gasteiger partial charge in [-0.2, -0.15) is 0 Å². The molecule has 1 rings (SSSR count). The first-order valence-corrected chi connectivity index (χ1v) is 4.49. The topological polar surface area (TPSA) is 50.2 Å². The van der Waals surface area contributed by atoms with Crippen LogP contribution in [-0.4, -0.2) is 16.1 Å². The van der Waals surface area contributed by atoms with E-state index in [9.17, 15) is 4.79 Å². The summed E-state index contributed by atoms with van der Waals surface area (Å²) in [5, 5.41) is 8.84.